The first-order valence-electron chi connectivity index (χ1n) is 6.63. The van der Waals surface area contributed by atoms with E-state index < -0.39 is 0 Å². The van der Waals surface area contributed by atoms with Crippen LogP contribution in [0.4, 0.5) is 0 Å². The Balaban J connectivity index is 1.73. The van der Waals surface area contributed by atoms with Crippen molar-refractivity contribution in [3.8, 4) is 17.6 Å². The number of ketones is 2. The fourth-order valence-corrected chi connectivity index (χ4v) is 2.15. The minimum absolute atomic E-state index is 0.136. The van der Waals surface area contributed by atoms with Crippen LogP contribution in [0.3, 0.4) is 0 Å². The lowest BCUT2D eigenvalue weighted by Crippen LogP contribution is -2.08. The largest absolute Gasteiger partial charge is 0.454 e. The maximum atomic E-state index is 12.2. The van der Waals surface area contributed by atoms with Crippen molar-refractivity contribution in [2.24, 2.45) is 0 Å². The minimum Gasteiger partial charge on any atom is -0.454 e. The molecule has 1 aliphatic heterocycles. The van der Waals surface area contributed by atoms with Crippen molar-refractivity contribution < 1.29 is 19.1 Å². The Morgan fingerprint density at radius 1 is 0.955 bits per heavy atom. The van der Waals surface area contributed by atoms with Gasteiger partial charge in [0.1, 0.15) is 0 Å². The molecule has 2 aromatic rings. The van der Waals surface area contributed by atoms with Gasteiger partial charge in [-0.05, 0) is 30.3 Å². The summed E-state index contributed by atoms with van der Waals surface area (Å²) in [5, 5.41) is 8.73. The van der Waals surface area contributed by atoms with E-state index in [4.69, 9.17) is 14.7 Å². The summed E-state index contributed by atoms with van der Waals surface area (Å²) < 4.78 is 10.4. The molecule has 0 aromatic heterocycles. The Kier molecular flexibility index (Phi) is 3.58. The number of nitriles is 1. The smallest absolute Gasteiger partial charge is 0.231 e. The van der Waals surface area contributed by atoms with Gasteiger partial charge in [0, 0.05) is 11.1 Å². The Hall–Kier alpha value is -3.13. The third-order valence-electron chi connectivity index (χ3n) is 3.35. The number of nitrogens with zero attached hydrogens (tertiary/aromatic N) is 1. The van der Waals surface area contributed by atoms with Gasteiger partial charge in [-0.2, -0.15) is 5.26 Å². The second-order valence-electron chi connectivity index (χ2n) is 4.78. The highest BCUT2D eigenvalue weighted by atomic mass is 16.7. The van der Waals surface area contributed by atoms with Gasteiger partial charge in [-0.3, -0.25) is 9.59 Å². The highest BCUT2D eigenvalue weighted by molar-refractivity contribution is 6.13. The number of benzene rings is 2. The molecule has 0 saturated carbocycles. The van der Waals surface area contributed by atoms with Gasteiger partial charge in [0.2, 0.25) is 6.79 Å². The molecule has 0 bridgehead atoms. The van der Waals surface area contributed by atoms with Crippen LogP contribution in [0.25, 0.3) is 0 Å². The molecule has 1 heterocycles. The predicted octanol–water partition coefficient (Wildman–Crippen LogP) is 2.74. The third-order valence-corrected chi connectivity index (χ3v) is 3.35. The average Bonchev–Trinajstić information content (AvgIpc) is 3.02. The summed E-state index contributed by atoms with van der Waals surface area (Å²) in [6, 6.07) is 13.0. The van der Waals surface area contributed by atoms with Crippen LogP contribution >= 0.6 is 0 Å². The molecule has 0 amide bonds. The molecule has 0 atom stereocenters. The fraction of sp³-hybridized carbons (Fsp3) is 0.118. The predicted molar refractivity (Wildman–Crippen MR) is 77.0 cm³/mol. The monoisotopic (exact) mass is 293 g/mol. The average molecular weight is 293 g/mol. The van der Waals surface area contributed by atoms with Gasteiger partial charge in [0.05, 0.1) is 18.1 Å². The number of rotatable bonds is 4. The standard InChI is InChI=1S/C17H11NO4/c18-9-11-1-3-12(4-2-11)14(19)8-15(20)13-5-6-16-17(7-13)22-10-21-16/h1-7H,8,10H2. The van der Waals surface area contributed by atoms with E-state index in [1.54, 1.807) is 42.5 Å². The molecule has 3 rings (SSSR count). The number of carbonyl (C=O) groups excluding carboxylic acids is 2. The lowest BCUT2D eigenvalue weighted by Gasteiger charge is -2.03. The van der Waals surface area contributed by atoms with Gasteiger partial charge in [-0.15, -0.1) is 0 Å². The highest BCUT2D eigenvalue weighted by Gasteiger charge is 2.18. The van der Waals surface area contributed by atoms with Crippen molar-refractivity contribution in [1.29, 1.82) is 5.26 Å². The Bertz CT molecular complexity index is 787. The molecule has 0 aliphatic carbocycles. The SMILES string of the molecule is N#Cc1ccc(C(=O)CC(=O)c2ccc3c(c2)OCO3)cc1. The summed E-state index contributed by atoms with van der Waals surface area (Å²) in [6.45, 7) is 0.136. The Morgan fingerprint density at radius 2 is 1.59 bits per heavy atom. The first kappa shape index (κ1) is 13.8. The molecule has 0 N–H and O–H groups in total. The summed E-state index contributed by atoms with van der Waals surface area (Å²) in [5.41, 5.74) is 1.29. The van der Waals surface area contributed by atoms with E-state index in [-0.39, 0.29) is 24.8 Å². The molecule has 0 spiro atoms. The van der Waals surface area contributed by atoms with Crippen molar-refractivity contribution in [3.05, 3.63) is 59.2 Å². The number of hydrogen-bond acceptors (Lipinski definition) is 5. The van der Waals surface area contributed by atoms with Gasteiger partial charge < -0.3 is 9.47 Å². The molecule has 0 unspecified atom stereocenters. The topological polar surface area (TPSA) is 76.4 Å². The highest BCUT2D eigenvalue weighted by Crippen LogP contribution is 2.32. The van der Waals surface area contributed by atoms with Crippen molar-refractivity contribution in [3.63, 3.8) is 0 Å². The van der Waals surface area contributed by atoms with E-state index in [1.165, 1.54) is 0 Å². The van der Waals surface area contributed by atoms with Gasteiger partial charge in [-0.25, -0.2) is 0 Å². The zero-order valence-electron chi connectivity index (χ0n) is 11.5. The molecule has 5 heteroatoms. The lowest BCUT2D eigenvalue weighted by molar-refractivity contribution is 0.0894. The zero-order chi connectivity index (χ0) is 15.5. The van der Waals surface area contributed by atoms with Crippen LogP contribution in [-0.2, 0) is 0 Å². The number of hydrogen-bond donors (Lipinski definition) is 0. The molecular formula is C17H11NO4. The van der Waals surface area contributed by atoms with Gasteiger partial charge in [0.25, 0.3) is 0 Å². The van der Waals surface area contributed by atoms with E-state index in [1.807, 2.05) is 6.07 Å². The van der Waals surface area contributed by atoms with Crippen molar-refractivity contribution in [2.75, 3.05) is 6.79 Å². The molecule has 0 saturated heterocycles. The van der Waals surface area contributed by atoms with Crippen LogP contribution < -0.4 is 9.47 Å². The summed E-state index contributed by atoms with van der Waals surface area (Å²) in [4.78, 5) is 24.3. The van der Waals surface area contributed by atoms with Crippen LogP contribution in [0.5, 0.6) is 11.5 Å². The molecule has 0 fully saturated rings. The fourth-order valence-electron chi connectivity index (χ4n) is 2.15. The van der Waals surface area contributed by atoms with Crippen LogP contribution in [0.2, 0.25) is 0 Å². The van der Waals surface area contributed by atoms with Crippen molar-refractivity contribution >= 4 is 11.6 Å². The summed E-state index contributed by atoms with van der Waals surface area (Å²) in [5.74, 6) is 0.534. The van der Waals surface area contributed by atoms with E-state index in [9.17, 15) is 9.59 Å². The maximum absolute atomic E-state index is 12.2. The maximum Gasteiger partial charge on any atom is 0.231 e. The number of ether oxygens (including phenoxy) is 2. The number of carbonyl (C=O) groups is 2. The van der Waals surface area contributed by atoms with Gasteiger partial charge in [0.15, 0.2) is 23.1 Å². The van der Waals surface area contributed by atoms with E-state index in [0.717, 1.165) is 0 Å². The van der Waals surface area contributed by atoms with E-state index in [0.29, 0.717) is 28.2 Å². The molecule has 22 heavy (non-hydrogen) atoms. The summed E-state index contributed by atoms with van der Waals surface area (Å²) in [6.07, 6.45) is -0.231. The van der Waals surface area contributed by atoms with E-state index in [2.05, 4.69) is 0 Å². The van der Waals surface area contributed by atoms with Crippen LogP contribution in [0, 0.1) is 11.3 Å². The lowest BCUT2D eigenvalue weighted by atomic mass is 10.0. The zero-order valence-corrected chi connectivity index (χ0v) is 11.5. The second kappa shape index (κ2) is 5.70. The van der Waals surface area contributed by atoms with Crippen LogP contribution in [-0.4, -0.2) is 18.4 Å². The molecule has 108 valence electrons. The first-order valence-corrected chi connectivity index (χ1v) is 6.63. The number of fused-ring (bicyclic) bond motifs is 1. The van der Waals surface area contributed by atoms with E-state index >= 15 is 0 Å². The quantitative estimate of drug-likeness (QED) is 0.640. The molecule has 1 aliphatic rings. The van der Waals surface area contributed by atoms with Crippen molar-refractivity contribution in [1.82, 2.24) is 0 Å². The second-order valence-corrected chi connectivity index (χ2v) is 4.78. The molecule has 5 nitrogen and oxygen atoms in total. The normalized spacial score (nSPS) is 11.8. The molecular weight excluding hydrogens is 282 g/mol. The van der Waals surface area contributed by atoms with Gasteiger partial charge in [-0.1, -0.05) is 12.1 Å². The Labute approximate surface area is 126 Å². The van der Waals surface area contributed by atoms with Crippen molar-refractivity contribution in [2.45, 2.75) is 6.42 Å². The van der Waals surface area contributed by atoms with Crippen LogP contribution in [0.1, 0.15) is 32.7 Å². The molecule has 2 aromatic carbocycles. The number of Topliss-reactive ketones (excluding diaryl/α,β-unsaturated/α-hetero) is 2. The Morgan fingerprint density at radius 3 is 2.32 bits per heavy atom. The first-order chi connectivity index (χ1) is 10.7. The minimum atomic E-state index is -0.285. The summed E-state index contributed by atoms with van der Waals surface area (Å²) >= 11 is 0. The van der Waals surface area contributed by atoms with Crippen LogP contribution in [0.15, 0.2) is 42.5 Å². The third kappa shape index (κ3) is 2.67. The van der Waals surface area contributed by atoms with Gasteiger partial charge >= 0.3 is 0 Å². The molecule has 0 radical (unpaired) electrons. The summed E-state index contributed by atoms with van der Waals surface area (Å²) in [7, 11) is 0.